The molecule has 1 N–H and O–H groups in total. The van der Waals surface area contributed by atoms with Gasteiger partial charge < -0.3 is 10.1 Å². The van der Waals surface area contributed by atoms with Crippen molar-refractivity contribution in [1.82, 2.24) is 20.2 Å². The zero-order valence-corrected chi connectivity index (χ0v) is 16.2. The Labute approximate surface area is 172 Å². The van der Waals surface area contributed by atoms with Gasteiger partial charge in [0.15, 0.2) is 11.9 Å². The van der Waals surface area contributed by atoms with E-state index in [-0.39, 0.29) is 0 Å². The molecule has 0 radical (unpaired) electrons. The first-order valence-corrected chi connectivity index (χ1v) is 10.2. The molecular formula is C22H17N5OS. The zero-order chi connectivity index (χ0) is 19.5. The highest BCUT2D eigenvalue weighted by atomic mass is 32.2. The largest absolute Gasteiger partial charge is 0.448 e. The van der Waals surface area contributed by atoms with Crippen LogP contribution in [0.2, 0.25) is 0 Å². The molecule has 1 atom stereocenters. The molecule has 0 bridgehead atoms. The summed E-state index contributed by atoms with van der Waals surface area (Å²) in [6.07, 6.45) is 3.10. The highest BCUT2D eigenvalue weighted by Crippen LogP contribution is 2.39. The number of ether oxygens (including phenoxy) is 1. The molecule has 2 aromatic heterocycles. The summed E-state index contributed by atoms with van der Waals surface area (Å²) in [5.41, 5.74) is 4.64. The highest BCUT2D eigenvalue weighted by Gasteiger charge is 2.25. The molecule has 0 saturated heterocycles. The Hall–Kier alpha value is -3.45. The van der Waals surface area contributed by atoms with Crippen LogP contribution in [0, 0.1) is 0 Å². The number of rotatable bonds is 4. The van der Waals surface area contributed by atoms with E-state index in [2.05, 4.69) is 37.6 Å². The molecule has 3 heterocycles. The zero-order valence-electron chi connectivity index (χ0n) is 15.4. The van der Waals surface area contributed by atoms with E-state index in [0.717, 1.165) is 22.6 Å². The Morgan fingerprint density at radius 3 is 2.55 bits per heavy atom. The lowest BCUT2D eigenvalue weighted by Gasteiger charge is -2.19. The maximum absolute atomic E-state index is 6.25. The van der Waals surface area contributed by atoms with Crippen molar-refractivity contribution in [2.24, 2.45) is 0 Å². The molecule has 6 nitrogen and oxygen atoms in total. The predicted molar refractivity (Wildman–Crippen MR) is 112 cm³/mol. The van der Waals surface area contributed by atoms with Gasteiger partial charge in [-0.1, -0.05) is 60.3 Å². The molecule has 4 aromatic rings. The van der Waals surface area contributed by atoms with E-state index < -0.39 is 6.23 Å². The maximum atomic E-state index is 6.25. The van der Waals surface area contributed by atoms with E-state index in [9.17, 15) is 0 Å². The number of hydrogen-bond acceptors (Lipinski definition) is 7. The van der Waals surface area contributed by atoms with Gasteiger partial charge in [0, 0.05) is 35.0 Å². The van der Waals surface area contributed by atoms with Gasteiger partial charge in [-0.25, -0.2) is 0 Å². The fraction of sp³-hybridized carbons (Fsp3) is 0.0909. The minimum atomic E-state index is -0.399. The lowest BCUT2D eigenvalue weighted by molar-refractivity contribution is 0.225. The summed E-state index contributed by atoms with van der Waals surface area (Å²) in [6.45, 7) is 0. The van der Waals surface area contributed by atoms with Crippen LogP contribution in [-0.2, 0) is 5.75 Å². The van der Waals surface area contributed by atoms with Crippen LogP contribution in [0.1, 0.15) is 17.4 Å². The molecule has 0 spiro atoms. The third kappa shape index (κ3) is 3.77. The molecule has 0 amide bonds. The standard InChI is InChI=1S/C22H17N5OS/c1-2-6-15(7-3-1)14-29-22-25-21-19(26-27-22)17-8-4-5-9-18(17)24-20(28-21)16-10-12-23-13-11-16/h1-13,20,24H,14H2/t20-/m0/s1. The third-order valence-corrected chi connectivity index (χ3v) is 5.46. The number of para-hydroxylation sites is 1. The molecule has 5 rings (SSSR count). The number of anilines is 1. The van der Waals surface area contributed by atoms with Crippen molar-refractivity contribution in [3.63, 3.8) is 0 Å². The SMILES string of the molecule is c1ccc(CSc2nnc3c(n2)O[C@@H](c2ccncc2)Nc2ccccc2-3)cc1. The van der Waals surface area contributed by atoms with Crippen molar-refractivity contribution >= 4 is 17.4 Å². The minimum Gasteiger partial charge on any atom is -0.448 e. The molecule has 0 unspecified atom stereocenters. The van der Waals surface area contributed by atoms with Gasteiger partial charge in [0.2, 0.25) is 11.0 Å². The number of benzene rings is 2. The van der Waals surface area contributed by atoms with Gasteiger partial charge in [-0.2, -0.15) is 4.98 Å². The summed E-state index contributed by atoms with van der Waals surface area (Å²) in [7, 11) is 0. The second kappa shape index (κ2) is 7.89. The predicted octanol–water partition coefficient (Wildman–Crippen LogP) is 4.73. The van der Waals surface area contributed by atoms with Crippen LogP contribution in [0.3, 0.4) is 0 Å². The van der Waals surface area contributed by atoms with Gasteiger partial charge in [0.25, 0.3) is 0 Å². The second-order valence-electron chi connectivity index (χ2n) is 6.49. The number of thioether (sulfide) groups is 1. The second-order valence-corrected chi connectivity index (χ2v) is 7.43. The Morgan fingerprint density at radius 2 is 1.69 bits per heavy atom. The summed E-state index contributed by atoms with van der Waals surface area (Å²) >= 11 is 1.54. The van der Waals surface area contributed by atoms with Crippen LogP contribution >= 0.6 is 11.8 Å². The van der Waals surface area contributed by atoms with Crippen molar-refractivity contribution in [3.8, 4) is 17.1 Å². The number of hydrogen-bond donors (Lipinski definition) is 1. The van der Waals surface area contributed by atoms with E-state index in [1.807, 2.05) is 54.6 Å². The van der Waals surface area contributed by atoms with E-state index in [1.165, 1.54) is 17.3 Å². The maximum Gasteiger partial charge on any atom is 0.247 e. The summed E-state index contributed by atoms with van der Waals surface area (Å²) in [4.78, 5) is 8.77. The van der Waals surface area contributed by atoms with Crippen LogP contribution in [-0.4, -0.2) is 20.2 Å². The quantitative estimate of drug-likeness (QED) is 0.497. The summed E-state index contributed by atoms with van der Waals surface area (Å²) in [5, 5.41) is 12.8. The van der Waals surface area contributed by atoms with Gasteiger partial charge in [0.1, 0.15) is 0 Å². The molecule has 1 aliphatic rings. The highest BCUT2D eigenvalue weighted by molar-refractivity contribution is 7.98. The van der Waals surface area contributed by atoms with Crippen LogP contribution in [0.25, 0.3) is 11.3 Å². The van der Waals surface area contributed by atoms with Crippen molar-refractivity contribution in [2.75, 3.05) is 5.32 Å². The first kappa shape index (κ1) is 17.6. The van der Waals surface area contributed by atoms with E-state index in [0.29, 0.717) is 16.7 Å². The molecule has 0 saturated carbocycles. The molecule has 0 aliphatic carbocycles. The molecule has 2 aromatic carbocycles. The number of nitrogens with zero attached hydrogens (tertiary/aromatic N) is 4. The van der Waals surface area contributed by atoms with Gasteiger partial charge in [-0.15, -0.1) is 10.2 Å². The van der Waals surface area contributed by atoms with Crippen LogP contribution in [0.15, 0.2) is 84.3 Å². The topological polar surface area (TPSA) is 72.8 Å². The van der Waals surface area contributed by atoms with Crippen LogP contribution in [0.5, 0.6) is 5.88 Å². The number of fused-ring (bicyclic) bond motifs is 3. The van der Waals surface area contributed by atoms with Gasteiger partial charge in [0.05, 0.1) is 0 Å². The lowest BCUT2D eigenvalue weighted by Crippen LogP contribution is -2.17. The molecule has 1 aliphatic heterocycles. The van der Waals surface area contributed by atoms with Crippen molar-refractivity contribution in [1.29, 1.82) is 0 Å². The van der Waals surface area contributed by atoms with Crippen molar-refractivity contribution < 1.29 is 4.74 Å². The summed E-state index contributed by atoms with van der Waals surface area (Å²) in [6, 6.07) is 22.0. The Balaban J connectivity index is 1.50. The third-order valence-electron chi connectivity index (χ3n) is 4.55. The smallest absolute Gasteiger partial charge is 0.247 e. The Kier molecular flexibility index (Phi) is 4.80. The van der Waals surface area contributed by atoms with Gasteiger partial charge >= 0.3 is 0 Å². The van der Waals surface area contributed by atoms with Crippen molar-refractivity contribution in [3.05, 3.63) is 90.3 Å². The monoisotopic (exact) mass is 399 g/mol. The number of nitrogens with one attached hydrogen (secondary N) is 1. The van der Waals surface area contributed by atoms with E-state index in [4.69, 9.17) is 4.74 Å². The van der Waals surface area contributed by atoms with Crippen molar-refractivity contribution in [2.45, 2.75) is 17.1 Å². The molecule has 29 heavy (non-hydrogen) atoms. The molecule has 7 heteroatoms. The first-order chi connectivity index (χ1) is 14.4. The molecule has 0 fully saturated rings. The van der Waals surface area contributed by atoms with E-state index in [1.54, 1.807) is 12.4 Å². The van der Waals surface area contributed by atoms with Crippen LogP contribution in [0.4, 0.5) is 5.69 Å². The Morgan fingerprint density at radius 1 is 0.897 bits per heavy atom. The average Bonchev–Trinajstić information content (AvgIpc) is 2.95. The molecule has 142 valence electrons. The minimum absolute atomic E-state index is 0.399. The Bertz CT molecular complexity index is 1120. The van der Waals surface area contributed by atoms with Gasteiger partial charge in [-0.05, 0) is 23.8 Å². The first-order valence-electron chi connectivity index (χ1n) is 9.21. The van der Waals surface area contributed by atoms with E-state index >= 15 is 0 Å². The normalized spacial score (nSPS) is 14.7. The fourth-order valence-electron chi connectivity index (χ4n) is 3.12. The summed E-state index contributed by atoms with van der Waals surface area (Å²) < 4.78 is 6.25. The average molecular weight is 399 g/mol. The van der Waals surface area contributed by atoms with Crippen LogP contribution < -0.4 is 10.1 Å². The summed E-state index contributed by atoms with van der Waals surface area (Å²) in [5.74, 6) is 1.24. The molecular weight excluding hydrogens is 382 g/mol. The lowest BCUT2D eigenvalue weighted by atomic mass is 10.1. The number of pyridine rings is 1. The number of aromatic nitrogens is 4. The fourth-order valence-corrected chi connectivity index (χ4v) is 3.85. The van der Waals surface area contributed by atoms with Gasteiger partial charge in [-0.3, -0.25) is 4.98 Å².